The Hall–Kier alpha value is -5.07. The van der Waals surface area contributed by atoms with E-state index in [9.17, 15) is 40.7 Å². The number of hydrogen-bond donors (Lipinski definition) is 6. The van der Waals surface area contributed by atoms with Crippen molar-refractivity contribution in [3.8, 4) is 0 Å². The zero-order valence-electron chi connectivity index (χ0n) is 24.1. The standard InChI is InChI=1S/C25H25ClF3N7O4.C2HF3O2/c1-40-22(38)10-18(13-5-15(25(27,28)29)9-16(26)6-13)34-21(37)12-32-23(39)14-7-19(17-11-33-36-20(17)8-14)35-24-30-3-2-4-31-24;3-2(4,5)1(6)7/h5-9,11,18H,2-4,10,12H2,1H3,(H,32,39)(H,33,36)(H,34,37)(H2,30,31,35);(H,6,7)/t18-;/m0./s1. The van der Waals surface area contributed by atoms with E-state index in [1.807, 2.05) is 0 Å². The number of aliphatic carboxylic acids is 1. The molecule has 20 heteroatoms. The summed E-state index contributed by atoms with van der Waals surface area (Å²) in [6.45, 7) is 0.878. The van der Waals surface area contributed by atoms with Crippen LogP contribution < -0.4 is 21.3 Å². The number of nitrogens with one attached hydrogen (secondary N) is 5. The van der Waals surface area contributed by atoms with Crippen molar-refractivity contribution in [2.45, 2.75) is 31.2 Å². The van der Waals surface area contributed by atoms with E-state index in [1.165, 1.54) is 6.07 Å². The van der Waals surface area contributed by atoms with Crippen molar-refractivity contribution in [2.24, 2.45) is 4.99 Å². The molecule has 4 rings (SSSR count). The van der Waals surface area contributed by atoms with Gasteiger partial charge in [-0.15, -0.1) is 0 Å². The molecule has 2 aromatic carbocycles. The lowest BCUT2D eigenvalue weighted by molar-refractivity contribution is -0.192. The average Bonchev–Trinajstić information content (AvgIpc) is 3.48. The maximum Gasteiger partial charge on any atom is 0.490 e. The van der Waals surface area contributed by atoms with Crippen LogP contribution in [0, 0.1) is 0 Å². The Morgan fingerprint density at radius 2 is 1.79 bits per heavy atom. The van der Waals surface area contributed by atoms with Gasteiger partial charge in [-0.25, -0.2) is 4.79 Å². The van der Waals surface area contributed by atoms with Gasteiger partial charge in [-0.05, 0) is 42.3 Å². The number of nitrogens with zero attached hydrogens (tertiary/aromatic N) is 2. The minimum Gasteiger partial charge on any atom is -0.475 e. The van der Waals surface area contributed by atoms with Gasteiger partial charge in [0.05, 0.1) is 49.1 Å². The number of rotatable bonds is 8. The van der Waals surface area contributed by atoms with Gasteiger partial charge in [0.2, 0.25) is 5.91 Å². The van der Waals surface area contributed by atoms with Crippen molar-refractivity contribution in [2.75, 3.05) is 32.1 Å². The van der Waals surface area contributed by atoms with Gasteiger partial charge in [-0.1, -0.05) is 11.6 Å². The number of aliphatic imine (C=N–C) groups is 1. The van der Waals surface area contributed by atoms with Crippen LogP contribution in [0.4, 0.5) is 32.0 Å². The molecule has 0 saturated carbocycles. The van der Waals surface area contributed by atoms with Gasteiger partial charge in [-0.2, -0.15) is 31.4 Å². The highest BCUT2D eigenvalue weighted by Gasteiger charge is 2.38. The number of benzene rings is 2. The van der Waals surface area contributed by atoms with Crippen LogP contribution in [-0.2, 0) is 25.3 Å². The molecule has 0 radical (unpaired) electrons. The molecule has 47 heavy (non-hydrogen) atoms. The predicted molar refractivity (Wildman–Crippen MR) is 155 cm³/mol. The number of methoxy groups -OCH3 is 1. The molecule has 254 valence electrons. The molecule has 6 N–H and O–H groups in total. The molecule has 3 aromatic rings. The number of guanidine groups is 1. The molecular weight excluding hydrogens is 668 g/mol. The van der Waals surface area contributed by atoms with Gasteiger partial charge in [0.1, 0.15) is 0 Å². The topological polar surface area (TPSA) is 187 Å². The smallest absolute Gasteiger partial charge is 0.475 e. The van der Waals surface area contributed by atoms with Crippen molar-refractivity contribution < 1.29 is 55.4 Å². The van der Waals surface area contributed by atoms with Crippen LogP contribution in [0.15, 0.2) is 41.5 Å². The first-order chi connectivity index (χ1) is 22.0. The van der Waals surface area contributed by atoms with E-state index < -0.39 is 60.7 Å². The Morgan fingerprint density at radius 1 is 1.09 bits per heavy atom. The van der Waals surface area contributed by atoms with Crippen LogP contribution in [0.2, 0.25) is 5.02 Å². The van der Waals surface area contributed by atoms with Gasteiger partial charge in [-0.3, -0.25) is 24.5 Å². The molecule has 0 unspecified atom stereocenters. The zero-order chi connectivity index (χ0) is 34.9. The zero-order valence-corrected chi connectivity index (χ0v) is 24.9. The van der Waals surface area contributed by atoms with Gasteiger partial charge in [0.15, 0.2) is 5.96 Å². The number of halogens is 7. The van der Waals surface area contributed by atoms with E-state index in [2.05, 4.69) is 41.2 Å². The van der Waals surface area contributed by atoms with E-state index in [4.69, 9.17) is 21.5 Å². The number of aromatic amines is 1. The lowest BCUT2D eigenvalue weighted by atomic mass is 10.0. The minimum absolute atomic E-state index is 0.0513. The Balaban J connectivity index is 0.000000771. The fourth-order valence-corrected chi connectivity index (χ4v) is 4.26. The molecule has 0 aliphatic carbocycles. The third-order valence-corrected chi connectivity index (χ3v) is 6.42. The maximum absolute atomic E-state index is 13.3. The number of carboxylic acids is 1. The highest BCUT2D eigenvalue weighted by atomic mass is 35.5. The molecule has 1 atom stereocenters. The lowest BCUT2D eigenvalue weighted by Crippen LogP contribution is -2.39. The lowest BCUT2D eigenvalue weighted by Gasteiger charge is -2.20. The molecule has 2 heterocycles. The number of fused-ring (bicyclic) bond motifs is 1. The van der Waals surface area contributed by atoms with Crippen molar-refractivity contribution in [3.05, 3.63) is 58.2 Å². The molecule has 2 amide bonds. The number of carboxylic acid groups (broad SMARTS) is 1. The summed E-state index contributed by atoms with van der Waals surface area (Å²) in [6.07, 6.45) is -7.75. The molecular formula is C27H26ClF6N7O6. The van der Waals surface area contributed by atoms with Gasteiger partial charge in [0, 0.05) is 29.1 Å². The number of alkyl halides is 6. The number of esters is 1. The second-order valence-electron chi connectivity index (χ2n) is 9.65. The summed E-state index contributed by atoms with van der Waals surface area (Å²) >= 11 is 5.88. The van der Waals surface area contributed by atoms with E-state index in [0.717, 1.165) is 37.6 Å². The van der Waals surface area contributed by atoms with E-state index >= 15 is 0 Å². The number of carbonyl (C=O) groups is 4. The van der Waals surface area contributed by atoms with Crippen LogP contribution in [0.5, 0.6) is 0 Å². The first kappa shape index (κ1) is 36.4. The highest BCUT2D eigenvalue weighted by molar-refractivity contribution is 6.30. The molecule has 1 aromatic heterocycles. The van der Waals surface area contributed by atoms with E-state index in [0.29, 0.717) is 23.7 Å². The fourth-order valence-electron chi connectivity index (χ4n) is 4.02. The van der Waals surface area contributed by atoms with Crippen LogP contribution in [0.3, 0.4) is 0 Å². The summed E-state index contributed by atoms with van der Waals surface area (Å²) < 4.78 is 76.3. The van der Waals surface area contributed by atoms with Crippen LogP contribution in [0.25, 0.3) is 10.9 Å². The number of anilines is 1. The Labute approximate surface area is 266 Å². The maximum atomic E-state index is 13.3. The van der Waals surface area contributed by atoms with Crippen molar-refractivity contribution in [1.29, 1.82) is 0 Å². The first-order valence-electron chi connectivity index (χ1n) is 13.3. The van der Waals surface area contributed by atoms with Crippen molar-refractivity contribution in [1.82, 2.24) is 26.1 Å². The van der Waals surface area contributed by atoms with Gasteiger partial charge >= 0.3 is 24.3 Å². The predicted octanol–water partition coefficient (Wildman–Crippen LogP) is 3.78. The monoisotopic (exact) mass is 693 g/mol. The summed E-state index contributed by atoms with van der Waals surface area (Å²) in [7, 11) is 1.11. The fraction of sp³-hybridized carbons (Fsp3) is 0.333. The Bertz CT molecular complexity index is 1660. The number of hydrogen-bond acceptors (Lipinski definition) is 9. The Morgan fingerprint density at radius 3 is 2.38 bits per heavy atom. The first-order valence-corrected chi connectivity index (χ1v) is 13.7. The average molecular weight is 694 g/mol. The quantitative estimate of drug-likeness (QED) is 0.151. The molecule has 0 spiro atoms. The normalized spacial score (nSPS) is 13.7. The molecule has 1 aliphatic rings. The minimum atomic E-state index is -5.08. The summed E-state index contributed by atoms with van der Waals surface area (Å²) in [5.74, 6) is -4.32. The summed E-state index contributed by atoms with van der Waals surface area (Å²) in [5, 5.41) is 25.6. The highest BCUT2D eigenvalue weighted by Crippen LogP contribution is 2.34. The number of amides is 2. The summed E-state index contributed by atoms with van der Waals surface area (Å²) in [5.41, 5.74) is 0.244. The van der Waals surface area contributed by atoms with Crippen molar-refractivity contribution >= 4 is 57.9 Å². The summed E-state index contributed by atoms with van der Waals surface area (Å²) in [4.78, 5) is 50.8. The Kier molecular flexibility index (Phi) is 12.0. The number of aromatic nitrogens is 2. The molecule has 0 saturated heterocycles. The van der Waals surface area contributed by atoms with E-state index in [1.54, 1.807) is 18.3 Å². The molecule has 0 bridgehead atoms. The van der Waals surface area contributed by atoms with Crippen LogP contribution >= 0.6 is 11.6 Å². The molecule has 1 aliphatic heterocycles. The largest absolute Gasteiger partial charge is 0.490 e. The second-order valence-corrected chi connectivity index (χ2v) is 10.1. The van der Waals surface area contributed by atoms with E-state index in [-0.39, 0.29) is 16.1 Å². The van der Waals surface area contributed by atoms with Crippen LogP contribution in [-0.4, -0.2) is 77.9 Å². The number of ether oxygens (including phenoxy) is 1. The van der Waals surface area contributed by atoms with Gasteiger partial charge in [0.25, 0.3) is 5.91 Å². The molecule has 13 nitrogen and oxygen atoms in total. The number of H-pyrrole nitrogens is 1. The van der Waals surface area contributed by atoms with Crippen molar-refractivity contribution in [3.63, 3.8) is 0 Å². The third-order valence-electron chi connectivity index (χ3n) is 6.21. The summed E-state index contributed by atoms with van der Waals surface area (Å²) in [6, 6.07) is 4.67. The van der Waals surface area contributed by atoms with Crippen LogP contribution in [0.1, 0.15) is 40.4 Å². The number of carbonyl (C=O) groups excluding carboxylic acids is 3. The third kappa shape index (κ3) is 10.8. The second kappa shape index (κ2) is 15.5. The molecule has 0 fully saturated rings. The van der Waals surface area contributed by atoms with Gasteiger partial charge < -0.3 is 31.1 Å². The SMILES string of the molecule is COC(=O)C[C@H](NC(=O)CNC(=O)c1cc(NC2=NCCCN2)c2cn[nH]c2c1)c1cc(Cl)cc(C(F)(F)F)c1.O=C(O)C(F)(F)F.